The maximum Gasteiger partial charge on any atom is 0.272 e. The SMILES string of the molecule is CC(C)(C)c1ocnc1/C=c1\[nH]c(=O)/c(=C/c2cccc(C(=O)c3ccccn3)c2)[nH]c1=O. The molecule has 0 aliphatic carbocycles. The normalized spacial score (nSPS) is 12.8. The monoisotopic (exact) mass is 442 g/mol. The summed E-state index contributed by atoms with van der Waals surface area (Å²) in [4.78, 5) is 51.4. The predicted molar refractivity (Wildman–Crippen MR) is 123 cm³/mol. The third kappa shape index (κ3) is 4.79. The van der Waals surface area contributed by atoms with Crippen LogP contribution in [-0.2, 0) is 5.41 Å². The lowest BCUT2D eigenvalue weighted by Crippen LogP contribution is -2.46. The van der Waals surface area contributed by atoms with Gasteiger partial charge in [-0.2, -0.15) is 0 Å². The zero-order chi connectivity index (χ0) is 23.6. The van der Waals surface area contributed by atoms with Gasteiger partial charge in [0.2, 0.25) is 5.78 Å². The smallest absolute Gasteiger partial charge is 0.272 e. The average molecular weight is 442 g/mol. The van der Waals surface area contributed by atoms with E-state index in [4.69, 9.17) is 4.42 Å². The molecule has 4 rings (SSSR count). The highest BCUT2D eigenvalue weighted by Crippen LogP contribution is 2.25. The van der Waals surface area contributed by atoms with Crippen molar-refractivity contribution in [2.45, 2.75) is 26.2 Å². The van der Waals surface area contributed by atoms with Crippen LogP contribution in [0.2, 0.25) is 0 Å². The van der Waals surface area contributed by atoms with E-state index in [1.54, 1.807) is 48.7 Å². The van der Waals surface area contributed by atoms with E-state index in [2.05, 4.69) is 19.9 Å². The van der Waals surface area contributed by atoms with Crippen molar-refractivity contribution < 1.29 is 9.21 Å². The molecule has 0 atom stereocenters. The number of nitrogens with zero attached hydrogens (tertiary/aromatic N) is 2. The molecule has 166 valence electrons. The topological polar surface area (TPSA) is 122 Å². The summed E-state index contributed by atoms with van der Waals surface area (Å²) < 4.78 is 5.45. The second-order valence-electron chi connectivity index (χ2n) is 8.51. The molecule has 2 N–H and O–H groups in total. The van der Waals surface area contributed by atoms with Crippen molar-refractivity contribution >= 4 is 17.9 Å². The summed E-state index contributed by atoms with van der Waals surface area (Å²) in [6, 6.07) is 11.9. The van der Waals surface area contributed by atoms with E-state index in [1.807, 2.05) is 20.8 Å². The number of hydrogen-bond donors (Lipinski definition) is 2. The average Bonchev–Trinajstić information content (AvgIpc) is 3.26. The minimum Gasteiger partial charge on any atom is -0.447 e. The number of benzene rings is 1. The summed E-state index contributed by atoms with van der Waals surface area (Å²) in [5, 5.41) is 0.131. The molecule has 0 unspecified atom stereocenters. The van der Waals surface area contributed by atoms with Crippen molar-refractivity contribution in [1.82, 2.24) is 19.9 Å². The maximum absolute atomic E-state index is 12.6. The number of carbonyl (C=O) groups excluding carboxylic acids is 1. The van der Waals surface area contributed by atoms with Crippen LogP contribution in [0.25, 0.3) is 12.2 Å². The van der Waals surface area contributed by atoms with Gasteiger partial charge in [0.15, 0.2) is 6.39 Å². The zero-order valence-electron chi connectivity index (χ0n) is 18.4. The van der Waals surface area contributed by atoms with Gasteiger partial charge < -0.3 is 14.4 Å². The second-order valence-corrected chi connectivity index (χ2v) is 8.51. The number of carbonyl (C=O) groups is 1. The van der Waals surface area contributed by atoms with E-state index < -0.39 is 11.1 Å². The Bertz CT molecular complexity index is 1550. The summed E-state index contributed by atoms with van der Waals surface area (Å²) in [6.07, 6.45) is 5.85. The molecule has 0 bridgehead atoms. The Balaban J connectivity index is 1.74. The highest BCUT2D eigenvalue weighted by molar-refractivity contribution is 6.07. The molecular weight excluding hydrogens is 420 g/mol. The Morgan fingerprint density at radius 3 is 2.33 bits per heavy atom. The van der Waals surface area contributed by atoms with Crippen LogP contribution < -0.4 is 21.8 Å². The number of ketones is 1. The number of H-pyrrole nitrogens is 2. The Morgan fingerprint density at radius 1 is 0.939 bits per heavy atom. The van der Waals surface area contributed by atoms with E-state index in [9.17, 15) is 14.4 Å². The van der Waals surface area contributed by atoms with Gasteiger partial charge in [-0.05, 0) is 35.9 Å². The first-order valence-corrected chi connectivity index (χ1v) is 10.3. The van der Waals surface area contributed by atoms with Crippen molar-refractivity contribution in [2.24, 2.45) is 0 Å². The molecule has 0 aliphatic rings. The third-order valence-corrected chi connectivity index (χ3v) is 4.90. The molecule has 33 heavy (non-hydrogen) atoms. The Hall–Kier alpha value is -4.33. The number of aromatic nitrogens is 4. The van der Waals surface area contributed by atoms with Gasteiger partial charge >= 0.3 is 0 Å². The minimum absolute atomic E-state index is 0.0654. The summed E-state index contributed by atoms with van der Waals surface area (Å²) in [7, 11) is 0. The molecule has 8 nitrogen and oxygen atoms in total. The molecule has 1 aromatic carbocycles. The number of aromatic amines is 2. The van der Waals surface area contributed by atoms with Crippen molar-refractivity contribution in [3.63, 3.8) is 0 Å². The molecule has 0 radical (unpaired) electrons. The van der Waals surface area contributed by atoms with Crippen molar-refractivity contribution in [3.05, 3.63) is 115 Å². The first-order chi connectivity index (χ1) is 15.7. The number of hydrogen-bond acceptors (Lipinski definition) is 6. The summed E-state index contributed by atoms with van der Waals surface area (Å²) in [5.74, 6) is 0.369. The van der Waals surface area contributed by atoms with Crippen LogP contribution in [0.1, 0.15) is 53.8 Å². The van der Waals surface area contributed by atoms with Crippen molar-refractivity contribution in [2.75, 3.05) is 0 Å². The van der Waals surface area contributed by atoms with Crippen LogP contribution in [-0.4, -0.2) is 25.7 Å². The molecule has 0 spiro atoms. The number of nitrogens with one attached hydrogen (secondary N) is 2. The predicted octanol–water partition coefficient (Wildman–Crippen LogP) is 1.63. The number of rotatable bonds is 4. The highest BCUT2D eigenvalue weighted by Gasteiger charge is 2.22. The summed E-state index contributed by atoms with van der Waals surface area (Å²) in [6.45, 7) is 5.88. The van der Waals surface area contributed by atoms with Crippen LogP contribution >= 0.6 is 0 Å². The standard InChI is InChI=1S/C25H22N4O4/c1-25(2,3)22-18(27-14-33-22)13-20-24(32)28-19(23(31)29-20)12-15-7-6-8-16(11-15)21(30)17-9-4-5-10-26-17/h4-14H,1-3H3,(H,28,32)(H,29,31)/b19-12-,20-13-. The molecule has 3 heterocycles. The molecule has 0 fully saturated rings. The van der Waals surface area contributed by atoms with E-state index in [0.29, 0.717) is 28.3 Å². The van der Waals surface area contributed by atoms with Crippen LogP contribution in [0.15, 0.2) is 69.1 Å². The van der Waals surface area contributed by atoms with Gasteiger partial charge in [-0.25, -0.2) is 4.98 Å². The van der Waals surface area contributed by atoms with Crippen molar-refractivity contribution in [3.8, 4) is 0 Å². The van der Waals surface area contributed by atoms with Gasteiger partial charge in [-0.1, -0.05) is 45.0 Å². The quantitative estimate of drug-likeness (QED) is 0.464. The first kappa shape index (κ1) is 21.9. The first-order valence-electron chi connectivity index (χ1n) is 10.3. The van der Waals surface area contributed by atoms with E-state index >= 15 is 0 Å². The van der Waals surface area contributed by atoms with Crippen LogP contribution in [0.4, 0.5) is 0 Å². The summed E-state index contributed by atoms with van der Waals surface area (Å²) >= 11 is 0. The second kappa shape index (κ2) is 8.66. The van der Waals surface area contributed by atoms with Crippen LogP contribution in [0.3, 0.4) is 0 Å². The Labute approximate surface area is 188 Å². The van der Waals surface area contributed by atoms with Gasteiger partial charge in [-0.15, -0.1) is 0 Å². The minimum atomic E-state index is -0.483. The lowest BCUT2D eigenvalue weighted by molar-refractivity contribution is 0.103. The Kier molecular flexibility index (Phi) is 5.74. The van der Waals surface area contributed by atoms with Gasteiger partial charge in [-0.3, -0.25) is 19.4 Å². The number of oxazole rings is 1. The largest absolute Gasteiger partial charge is 0.447 e. The van der Waals surface area contributed by atoms with Gasteiger partial charge in [0, 0.05) is 17.2 Å². The lowest BCUT2D eigenvalue weighted by atomic mass is 9.92. The van der Waals surface area contributed by atoms with E-state index in [0.717, 1.165) is 0 Å². The zero-order valence-corrected chi connectivity index (χ0v) is 18.4. The molecule has 0 saturated heterocycles. The molecule has 0 saturated carbocycles. The fourth-order valence-electron chi connectivity index (χ4n) is 3.33. The molecular formula is C25H22N4O4. The summed E-state index contributed by atoms with van der Waals surface area (Å²) in [5.41, 5.74) is 0.519. The molecule has 3 aromatic heterocycles. The van der Waals surface area contributed by atoms with Crippen LogP contribution in [0.5, 0.6) is 0 Å². The maximum atomic E-state index is 12.6. The fraction of sp³-hybridized carbons (Fsp3) is 0.160. The van der Waals surface area contributed by atoms with Crippen LogP contribution in [0, 0.1) is 0 Å². The van der Waals surface area contributed by atoms with Gasteiger partial charge in [0.25, 0.3) is 11.1 Å². The third-order valence-electron chi connectivity index (χ3n) is 4.90. The number of pyridine rings is 1. The molecule has 0 aliphatic heterocycles. The molecule has 8 heteroatoms. The van der Waals surface area contributed by atoms with Gasteiger partial charge in [0.1, 0.15) is 27.8 Å². The fourth-order valence-corrected chi connectivity index (χ4v) is 3.33. The Morgan fingerprint density at radius 2 is 1.67 bits per heavy atom. The van der Waals surface area contributed by atoms with Gasteiger partial charge in [0.05, 0.1) is 0 Å². The highest BCUT2D eigenvalue weighted by atomic mass is 16.3. The molecule has 0 amide bonds. The van der Waals surface area contributed by atoms with E-state index in [1.165, 1.54) is 18.5 Å². The van der Waals surface area contributed by atoms with Crippen molar-refractivity contribution in [1.29, 1.82) is 0 Å². The lowest BCUT2D eigenvalue weighted by Gasteiger charge is -2.14. The van der Waals surface area contributed by atoms with E-state index in [-0.39, 0.29) is 21.9 Å². The molecule has 4 aromatic rings.